The molecule has 1 aliphatic heterocycles. The van der Waals surface area contributed by atoms with Gasteiger partial charge >= 0.3 is 0 Å². The Morgan fingerprint density at radius 2 is 2.08 bits per heavy atom. The number of nitrogens with zero attached hydrogens (tertiary/aromatic N) is 1. The molecule has 1 saturated carbocycles. The van der Waals surface area contributed by atoms with Crippen molar-refractivity contribution in [3.05, 3.63) is 35.1 Å². The van der Waals surface area contributed by atoms with Crippen LogP contribution < -0.4 is 5.48 Å². The zero-order chi connectivity index (χ0) is 17.2. The average molecular weight is 334 g/mol. The third-order valence-corrected chi connectivity index (χ3v) is 6.07. The molecule has 1 amide bonds. The van der Waals surface area contributed by atoms with E-state index in [2.05, 4.69) is 11.8 Å². The van der Waals surface area contributed by atoms with Crippen LogP contribution in [0.3, 0.4) is 0 Å². The summed E-state index contributed by atoms with van der Waals surface area (Å²) in [7, 11) is 0. The summed E-state index contributed by atoms with van der Waals surface area (Å²) in [6.07, 6.45) is 8.93. The molecule has 1 spiro atoms. The highest BCUT2D eigenvalue weighted by Crippen LogP contribution is 2.49. The number of benzene rings is 1. The quantitative estimate of drug-likeness (QED) is 0.649. The van der Waals surface area contributed by atoms with E-state index in [0.717, 1.165) is 13.0 Å². The lowest BCUT2D eigenvalue weighted by Gasteiger charge is -2.41. The minimum absolute atomic E-state index is 0.135. The highest BCUT2D eigenvalue weighted by atomic mass is 19.1. The molecule has 4 nitrogen and oxygen atoms in total. The van der Waals surface area contributed by atoms with E-state index in [4.69, 9.17) is 5.21 Å². The number of hydrogen-bond donors (Lipinski definition) is 2. The van der Waals surface area contributed by atoms with Crippen LogP contribution in [-0.2, 0) is 6.54 Å². The number of nitrogens with one attached hydrogen (secondary N) is 1. The first-order valence-electron chi connectivity index (χ1n) is 9.06. The number of carbonyl (C=O) groups excluding carboxylic acids is 1. The van der Waals surface area contributed by atoms with Crippen LogP contribution >= 0.6 is 0 Å². The summed E-state index contributed by atoms with van der Waals surface area (Å²) in [5, 5.41) is 8.66. The number of hydrogen-bond acceptors (Lipinski definition) is 3. The van der Waals surface area contributed by atoms with Gasteiger partial charge in [-0.3, -0.25) is 14.9 Å². The van der Waals surface area contributed by atoms with Gasteiger partial charge in [-0.15, -0.1) is 0 Å². The topological polar surface area (TPSA) is 52.6 Å². The van der Waals surface area contributed by atoms with Crippen molar-refractivity contribution in [2.24, 2.45) is 5.41 Å². The van der Waals surface area contributed by atoms with Gasteiger partial charge in [0, 0.05) is 23.7 Å². The lowest BCUT2D eigenvalue weighted by atomic mass is 9.68. The van der Waals surface area contributed by atoms with Crippen molar-refractivity contribution >= 4 is 5.91 Å². The third-order valence-electron chi connectivity index (χ3n) is 6.07. The molecule has 1 saturated heterocycles. The molecular formula is C19H27FN2O2. The second kappa shape index (κ2) is 7.19. The van der Waals surface area contributed by atoms with Crippen molar-refractivity contribution in [2.75, 3.05) is 6.54 Å². The van der Waals surface area contributed by atoms with Gasteiger partial charge in [-0.1, -0.05) is 32.3 Å². The molecule has 0 aromatic heterocycles. The largest absolute Gasteiger partial charge is 0.295 e. The van der Waals surface area contributed by atoms with Gasteiger partial charge in [0.15, 0.2) is 0 Å². The molecule has 1 heterocycles. The molecule has 1 aromatic rings. The summed E-state index contributed by atoms with van der Waals surface area (Å²) in [5.41, 5.74) is 2.73. The van der Waals surface area contributed by atoms with Crippen molar-refractivity contribution in [1.29, 1.82) is 0 Å². The number of carbonyl (C=O) groups is 1. The van der Waals surface area contributed by atoms with E-state index in [0.29, 0.717) is 23.6 Å². The maximum Gasteiger partial charge on any atom is 0.274 e. The summed E-state index contributed by atoms with van der Waals surface area (Å²) in [5.74, 6) is -1.07. The maximum atomic E-state index is 14.4. The lowest BCUT2D eigenvalue weighted by Crippen LogP contribution is -2.40. The SMILES string of the molecule is CC[C@H]1N(Cc2ccc(C(=O)NO)cc2F)CCC12CCCCC2. The van der Waals surface area contributed by atoms with Gasteiger partial charge in [-0.05, 0) is 49.8 Å². The molecule has 24 heavy (non-hydrogen) atoms. The highest BCUT2D eigenvalue weighted by Gasteiger charge is 2.46. The van der Waals surface area contributed by atoms with E-state index < -0.39 is 5.91 Å². The Hall–Kier alpha value is -1.46. The van der Waals surface area contributed by atoms with Crippen LogP contribution in [0.2, 0.25) is 0 Å². The molecule has 132 valence electrons. The van der Waals surface area contributed by atoms with Crippen molar-refractivity contribution < 1.29 is 14.4 Å². The maximum absolute atomic E-state index is 14.4. The molecule has 3 rings (SSSR count). The van der Waals surface area contributed by atoms with E-state index in [1.165, 1.54) is 44.6 Å². The van der Waals surface area contributed by atoms with Crippen LogP contribution in [0.4, 0.5) is 4.39 Å². The first kappa shape index (κ1) is 17.4. The van der Waals surface area contributed by atoms with Crippen LogP contribution in [-0.4, -0.2) is 28.6 Å². The Morgan fingerprint density at radius 3 is 2.71 bits per heavy atom. The van der Waals surface area contributed by atoms with Crippen molar-refractivity contribution in [1.82, 2.24) is 10.4 Å². The summed E-state index contributed by atoms with van der Waals surface area (Å²) < 4.78 is 14.4. The number of amides is 1. The Kier molecular flexibility index (Phi) is 5.21. The highest BCUT2D eigenvalue weighted by molar-refractivity contribution is 5.93. The van der Waals surface area contributed by atoms with E-state index in [1.807, 2.05) is 0 Å². The minimum atomic E-state index is -0.686. The second-order valence-electron chi connectivity index (χ2n) is 7.31. The fourth-order valence-corrected chi connectivity index (χ4v) is 4.90. The molecule has 1 aromatic carbocycles. The van der Waals surface area contributed by atoms with Crippen molar-refractivity contribution in [2.45, 2.75) is 64.5 Å². The first-order chi connectivity index (χ1) is 11.6. The number of hydroxylamine groups is 1. The summed E-state index contributed by atoms with van der Waals surface area (Å²) in [6, 6.07) is 4.96. The monoisotopic (exact) mass is 334 g/mol. The fourth-order valence-electron chi connectivity index (χ4n) is 4.90. The van der Waals surface area contributed by atoms with E-state index in [9.17, 15) is 9.18 Å². The van der Waals surface area contributed by atoms with Gasteiger partial charge in [-0.25, -0.2) is 9.87 Å². The van der Waals surface area contributed by atoms with Gasteiger partial charge < -0.3 is 0 Å². The number of halogens is 1. The van der Waals surface area contributed by atoms with Gasteiger partial charge in [0.2, 0.25) is 0 Å². The molecule has 0 radical (unpaired) electrons. The van der Waals surface area contributed by atoms with E-state index in [1.54, 1.807) is 17.6 Å². The minimum Gasteiger partial charge on any atom is -0.295 e. The van der Waals surface area contributed by atoms with Crippen molar-refractivity contribution in [3.8, 4) is 0 Å². The lowest BCUT2D eigenvalue weighted by molar-refractivity contribution is 0.0706. The zero-order valence-electron chi connectivity index (χ0n) is 14.4. The molecule has 0 bridgehead atoms. The molecular weight excluding hydrogens is 307 g/mol. The summed E-state index contributed by atoms with van der Waals surface area (Å²) in [4.78, 5) is 13.8. The number of likely N-dealkylation sites (tertiary alicyclic amines) is 1. The fraction of sp³-hybridized carbons (Fsp3) is 0.632. The Bertz CT molecular complexity index is 599. The predicted octanol–water partition coefficient (Wildman–Crippen LogP) is 3.88. The van der Waals surface area contributed by atoms with Crippen LogP contribution in [0.1, 0.15) is 67.8 Å². The smallest absolute Gasteiger partial charge is 0.274 e. The van der Waals surface area contributed by atoms with Gasteiger partial charge in [0.1, 0.15) is 5.82 Å². The van der Waals surface area contributed by atoms with Crippen LogP contribution in [0.25, 0.3) is 0 Å². The Morgan fingerprint density at radius 1 is 1.33 bits per heavy atom. The molecule has 0 unspecified atom stereocenters. The molecule has 1 atom stereocenters. The summed E-state index contributed by atoms with van der Waals surface area (Å²) in [6.45, 7) is 3.86. The third kappa shape index (κ3) is 3.20. The molecule has 2 N–H and O–H groups in total. The predicted molar refractivity (Wildman–Crippen MR) is 90.3 cm³/mol. The molecule has 5 heteroatoms. The second-order valence-corrected chi connectivity index (χ2v) is 7.31. The standard InChI is InChI=1S/C19H27FN2O2/c1-2-17-19(8-4-3-5-9-19)10-11-22(17)13-15-7-6-14(12-16(15)20)18(23)21-24/h6-7,12,17,24H,2-5,8-11,13H2,1H3,(H,21,23)/t17-/m1/s1. The van der Waals surface area contributed by atoms with Crippen molar-refractivity contribution in [3.63, 3.8) is 0 Å². The summed E-state index contributed by atoms with van der Waals surface area (Å²) >= 11 is 0. The van der Waals surface area contributed by atoms with Crippen LogP contribution in [0.15, 0.2) is 18.2 Å². The first-order valence-corrected chi connectivity index (χ1v) is 9.06. The molecule has 2 aliphatic rings. The average Bonchev–Trinajstić information content (AvgIpc) is 2.93. The molecule has 1 aliphatic carbocycles. The number of rotatable bonds is 4. The Balaban J connectivity index is 1.75. The molecule has 2 fully saturated rings. The normalized spacial score (nSPS) is 23.5. The van der Waals surface area contributed by atoms with Crippen LogP contribution in [0.5, 0.6) is 0 Å². The van der Waals surface area contributed by atoms with Gasteiger partial charge in [0.05, 0.1) is 0 Å². The zero-order valence-corrected chi connectivity index (χ0v) is 14.4. The van der Waals surface area contributed by atoms with E-state index in [-0.39, 0.29) is 11.4 Å². The Labute approximate surface area is 143 Å². The van der Waals surface area contributed by atoms with E-state index >= 15 is 0 Å². The van der Waals surface area contributed by atoms with Gasteiger partial charge in [-0.2, -0.15) is 0 Å². The van der Waals surface area contributed by atoms with Gasteiger partial charge in [0.25, 0.3) is 5.91 Å². The van der Waals surface area contributed by atoms with Crippen LogP contribution in [0, 0.1) is 11.2 Å².